The predicted molar refractivity (Wildman–Crippen MR) is 100 cm³/mol. The Bertz CT molecular complexity index is 956. The summed E-state index contributed by atoms with van der Waals surface area (Å²) in [7, 11) is 0. The molecule has 0 spiro atoms. The van der Waals surface area contributed by atoms with Crippen LogP contribution in [-0.2, 0) is 6.54 Å². The Morgan fingerprint density at radius 2 is 1.72 bits per heavy atom. The summed E-state index contributed by atoms with van der Waals surface area (Å²) in [5, 5.41) is 2.79. The van der Waals surface area contributed by atoms with Gasteiger partial charge in [0, 0.05) is 11.9 Å². The van der Waals surface area contributed by atoms with Crippen molar-refractivity contribution in [2.75, 3.05) is 5.32 Å². The minimum atomic E-state index is -0.395. The van der Waals surface area contributed by atoms with Gasteiger partial charge in [-0.05, 0) is 49.2 Å². The summed E-state index contributed by atoms with van der Waals surface area (Å²) in [5.74, 6) is -0.395. The van der Waals surface area contributed by atoms with Crippen molar-refractivity contribution in [3.8, 4) is 0 Å². The molecular weight excluding hydrogens is 312 g/mol. The van der Waals surface area contributed by atoms with E-state index in [1.165, 1.54) is 5.56 Å². The Kier molecular flexibility index (Phi) is 4.80. The molecule has 25 heavy (non-hydrogen) atoms. The largest absolute Gasteiger partial charge is 0.322 e. The van der Waals surface area contributed by atoms with Crippen LogP contribution in [0.3, 0.4) is 0 Å². The third-order valence-electron chi connectivity index (χ3n) is 4.01. The van der Waals surface area contributed by atoms with E-state index in [0.717, 1.165) is 11.1 Å². The molecule has 0 atom stereocenters. The number of pyridine rings is 1. The lowest BCUT2D eigenvalue weighted by molar-refractivity contribution is 0.102. The highest BCUT2D eigenvalue weighted by atomic mass is 16.2. The van der Waals surface area contributed by atoms with E-state index < -0.39 is 5.91 Å². The molecular formula is C21H20N2O2. The smallest absolute Gasteiger partial charge is 0.263 e. The molecule has 1 aromatic heterocycles. The lowest BCUT2D eigenvalue weighted by Gasteiger charge is -2.09. The van der Waals surface area contributed by atoms with Gasteiger partial charge in [0.25, 0.3) is 11.5 Å². The molecule has 0 unspecified atom stereocenters. The number of aromatic nitrogens is 1. The van der Waals surface area contributed by atoms with Crippen LogP contribution in [0.5, 0.6) is 0 Å². The number of aryl methyl sites for hydroxylation is 2. The molecule has 0 aliphatic heterocycles. The fourth-order valence-corrected chi connectivity index (χ4v) is 2.65. The quantitative estimate of drug-likeness (QED) is 0.791. The van der Waals surface area contributed by atoms with Crippen molar-refractivity contribution in [3.05, 3.63) is 99.5 Å². The first-order valence-corrected chi connectivity index (χ1v) is 8.16. The Morgan fingerprint density at radius 1 is 0.960 bits per heavy atom. The molecule has 1 heterocycles. The SMILES string of the molecule is Cc1ccc(Cn2cccc(C(=O)Nc3cccc(C)c3)c2=O)cc1. The van der Waals surface area contributed by atoms with Crippen LogP contribution < -0.4 is 10.9 Å². The fraction of sp³-hybridized carbons (Fsp3) is 0.143. The summed E-state index contributed by atoms with van der Waals surface area (Å²) >= 11 is 0. The van der Waals surface area contributed by atoms with Crippen LogP contribution >= 0.6 is 0 Å². The molecule has 0 saturated carbocycles. The predicted octanol–water partition coefficient (Wildman–Crippen LogP) is 3.77. The molecule has 0 radical (unpaired) electrons. The summed E-state index contributed by atoms with van der Waals surface area (Å²) < 4.78 is 1.55. The third-order valence-corrected chi connectivity index (χ3v) is 4.01. The van der Waals surface area contributed by atoms with Crippen LogP contribution in [0.2, 0.25) is 0 Å². The second-order valence-corrected chi connectivity index (χ2v) is 6.16. The van der Waals surface area contributed by atoms with Gasteiger partial charge in [0.2, 0.25) is 0 Å². The van der Waals surface area contributed by atoms with Gasteiger partial charge in [0.1, 0.15) is 5.56 Å². The lowest BCUT2D eigenvalue weighted by Crippen LogP contribution is -2.29. The summed E-state index contributed by atoms with van der Waals surface area (Å²) in [6.07, 6.45) is 1.70. The summed E-state index contributed by atoms with van der Waals surface area (Å²) in [6, 6.07) is 18.8. The number of nitrogens with one attached hydrogen (secondary N) is 1. The molecule has 0 aliphatic carbocycles. The van der Waals surface area contributed by atoms with Crippen LogP contribution in [0.25, 0.3) is 0 Å². The van der Waals surface area contributed by atoms with E-state index in [0.29, 0.717) is 12.2 Å². The van der Waals surface area contributed by atoms with Crippen molar-refractivity contribution in [1.29, 1.82) is 0 Å². The molecule has 3 aromatic rings. The highest BCUT2D eigenvalue weighted by Gasteiger charge is 2.12. The Morgan fingerprint density at radius 3 is 2.44 bits per heavy atom. The van der Waals surface area contributed by atoms with Crippen LogP contribution in [0.4, 0.5) is 5.69 Å². The molecule has 4 heteroatoms. The molecule has 0 saturated heterocycles. The minimum Gasteiger partial charge on any atom is -0.322 e. The third kappa shape index (κ3) is 4.04. The molecule has 0 bridgehead atoms. The minimum absolute atomic E-state index is 0.135. The summed E-state index contributed by atoms with van der Waals surface area (Å²) in [4.78, 5) is 25.1. The van der Waals surface area contributed by atoms with Crippen molar-refractivity contribution in [3.63, 3.8) is 0 Å². The van der Waals surface area contributed by atoms with E-state index in [-0.39, 0.29) is 11.1 Å². The van der Waals surface area contributed by atoms with Gasteiger partial charge in [-0.2, -0.15) is 0 Å². The normalized spacial score (nSPS) is 10.5. The number of carbonyl (C=O) groups excluding carboxylic acids is 1. The first-order valence-electron chi connectivity index (χ1n) is 8.16. The zero-order valence-corrected chi connectivity index (χ0v) is 14.3. The topological polar surface area (TPSA) is 51.1 Å². The van der Waals surface area contributed by atoms with Gasteiger partial charge in [-0.25, -0.2) is 0 Å². The van der Waals surface area contributed by atoms with Crippen LogP contribution in [-0.4, -0.2) is 10.5 Å². The number of hydrogen-bond donors (Lipinski definition) is 1. The Balaban J connectivity index is 1.84. The van der Waals surface area contributed by atoms with Crippen LogP contribution in [0, 0.1) is 13.8 Å². The molecule has 1 amide bonds. The molecule has 0 aliphatic rings. The Hall–Kier alpha value is -3.14. The number of anilines is 1. The van der Waals surface area contributed by atoms with Crippen LogP contribution in [0.15, 0.2) is 71.7 Å². The highest BCUT2D eigenvalue weighted by molar-refractivity contribution is 6.04. The van der Waals surface area contributed by atoms with E-state index in [1.807, 2.05) is 56.3 Å². The average Bonchev–Trinajstić information content (AvgIpc) is 2.58. The van der Waals surface area contributed by atoms with Crippen molar-refractivity contribution >= 4 is 11.6 Å². The fourth-order valence-electron chi connectivity index (χ4n) is 2.65. The van der Waals surface area contributed by atoms with E-state index in [2.05, 4.69) is 5.32 Å². The number of amides is 1. The number of benzene rings is 2. The average molecular weight is 332 g/mol. The summed E-state index contributed by atoms with van der Waals surface area (Å²) in [5.41, 5.74) is 3.75. The summed E-state index contributed by atoms with van der Waals surface area (Å²) in [6.45, 7) is 4.41. The maximum atomic E-state index is 12.6. The van der Waals surface area contributed by atoms with Gasteiger partial charge in [-0.1, -0.05) is 42.0 Å². The molecule has 4 nitrogen and oxygen atoms in total. The van der Waals surface area contributed by atoms with Gasteiger partial charge in [-0.3, -0.25) is 9.59 Å². The molecule has 1 N–H and O–H groups in total. The number of carbonyl (C=O) groups is 1. The van der Waals surface area contributed by atoms with Crippen molar-refractivity contribution in [1.82, 2.24) is 4.57 Å². The van der Waals surface area contributed by atoms with E-state index >= 15 is 0 Å². The maximum Gasteiger partial charge on any atom is 0.263 e. The van der Waals surface area contributed by atoms with Crippen molar-refractivity contribution in [2.45, 2.75) is 20.4 Å². The molecule has 3 rings (SSSR count). The molecule has 0 fully saturated rings. The zero-order chi connectivity index (χ0) is 17.8. The van der Waals surface area contributed by atoms with Gasteiger partial charge >= 0.3 is 0 Å². The highest BCUT2D eigenvalue weighted by Crippen LogP contribution is 2.11. The van der Waals surface area contributed by atoms with Crippen molar-refractivity contribution < 1.29 is 4.79 Å². The Labute approximate surface area is 146 Å². The van der Waals surface area contributed by atoms with Gasteiger partial charge in [0.15, 0.2) is 0 Å². The van der Waals surface area contributed by atoms with Gasteiger partial charge in [-0.15, -0.1) is 0 Å². The standard InChI is InChI=1S/C21H20N2O2/c1-15-8-10-17(11-9-15)14-23-12-4-7-19(21(23)25)20(24)22-18-6-3-5-16(2)13-18/h3-13H,14H2,1-2H3,(H,22,24). The first-order chi connectivity index (χ1) is 12.0. The molecule has 126 valence electrons. The van der Waals surface area contributed by atoms with Gasteiger partial charge in [0.05, 0.1) is 6.54 Å². The number of rotatable bonds is 4. The monoisotopic (exact) mass is 332 g/mol. The molecule has 2 aromatic carbocycles. The van der Waals surface area contributed by atoms with E-state index in [9.17, 15) is 9.59 Å². The second kappa shape index (κ2) is 7.18. The zero-order valence-electron chi connectivity index (χ0n) is 14.3. The number of hydrogen-bond acceptors (Lipinski definition) is 2. The maximum absolute atomic E-state index is 12.6. The first kappa shape index (κ1) is 16.7. The van der Waals surface area contributed by atoms with Gasteiger partial charge < -0.3 is 9.88 Å². The van der Waals surface area contributed by atoms with Crippen LogP contribution in [0.1, 0.15) is 27.0 Å². The number of nitrogens with zero attached hydrogens (tertiary/aromatic N) is 1. The van der Waals surface area contributed by atoms with Crippen molar-refractivity contribution in [2.24, 2.45) is 0 Å². The lowest BCUT2D eigenvalue weighted by atomic mass is 10.1. The van der Waals surface area contributed by atoms with E-state index in [4.69, 9.17) is 0 Å². The second-order valence-electron chi connectivity index (χ2n) is 6.16. The van der Waals surface area contributed by atoms with E-state index in [1.54, 1.807) is 29.0 Å².